The van der Waals surface area contributed by atoms with Crippen molar-refractivity contribution in [1.82, 2.24) is 4.98 Å². The molecule has 0 radical (unpaired) electrons. The van der Waals surface area contributed by atoms with Crippen molar-refractivity contribution in [3.63, 3.8) is 0 Å². The third-order valence-corrected chi connectivity index (χ3v) is 4.44. The van der Waals surface area contributed by atoms with E-state index < -0.39 is 0 Å². The molecule has 1 aromatic rings. The number of aryl methyl sites for hydroxylation is 1. The Labute approximate surface area is 103 Å². The Morgan fingerprint density at radius 2 is 2.36 bits per heavy atom. The molecule has 4 heteroatoms. The molecule has 1 atom stereocenters. The molecule has 0 aliphatic rings. The van der Waals surface area contributed by atoms with E-state index in [1.807, 2.05) is 13.1 Å². The number of rotatable bonds is 4. The number of aromatic nitrogens is 1. The number of hydrogen-bond acceptors (Lipinski definition) is 2. The molecule has 0 aliphatic carbocycles. The van der Waals surface area contributed by atoms with Gasteiger partial charge in [0.15, 0.2) is 0 Å². The molecule has 14 heavy (non-hydrogen) atoms. The molecule has 0 spiro atoms. The minimum absolute atomic E-state index is 0.525. The summed E-state index contributed by atoms with van der Waals surface area (Å²) >= 11 is 11.0. The standard InChI is InChI=1S/C10H13BrClNS/c1-7-3-9(11)10(13-5-7)14-6-8(2)4-12/h3,5,8H,4,6H2,1-2H3. The summed E-state index contributed by atoms with van der Waals surface area (Å²) in [5.74, 6) is 2.24. The summed E-state index contributed by atoms with van der Waals surface area (Å²) in [5, 5.41) is 1.05. The first-order valence-corrected chi connectivity index (χ1v) is 6.75. The summed E-state index contributed by atoms with van der Waals surface area (Å²) in [6, 6.07) is 2.08. The van der Waals surface area contributed by atoms with E-state index in [9.17, 15) is 0 Å². The average Bonchev–Trinajstić information content (AvgIpc) is 2.16. The topological polar surface area (TPSA) is 12.9 Å². The number of alkyl halides is 1. The van der Waals surface area contributed by atoms with E-state index in [0.717, 1.165) is 15.3 Å². The lowest BCUT2D eigenvalue weighted by molar-refractivity contribution is 0.758. The Balaban J connectivity index is 2.59. The second-order valence-electron chi connectivity index (χ2n) is 3.37. The number of pyridine rings is 1. The molecule has 78 valence electrons. The predicted octanol–water partition coefficient (Wildman–Crippen LogP) is 4.12. The van der Waals surface area contributed by atoms with Crippen LogP contribution in [0.25, 0.3) is 0 Å². The van der Waals surface area contributed by atoms with Gasteiger partial charge < -0.3 is 0 Å². The van der Waals surface area contributed by atoms with E-state index in [0.29, 0.717) is 11.8 Å². The van der Waals surface area contributed by atoms with Gasteiger partial charge in [-0.3, -0.25) is 0 Å². The van der Waals surface area contributed by atoms with Gasteiger partial charge in [0.25, 0.3) is 0 Å². The summed E-state index contributed by atoms with van der Waals surface area (Å²) in [6.45, 7) is 4.18. The molecule has 1 nitrogen and oxygen atoms in total. The number of halogens is 2. The fourth-order valence-corrected chi connectivity index (χ4v) is 2.82. The Morgan fingerprint density at radius 1 is 1.64 bits per heavy atom. The second-order valence-corrected chi connectivity index (χ2v) is 5.54. The fraction of sp³-hybridized carbons (Fsp3) is 0.500. The van der Waals surface area contributed by atoms with Crippen LogP contribution in [-0.4, -0.2) is 16.6 Å². The summed E-state index contributed by atoms with van der Waals surface area (Å²) in [7, 11) is 0. The van der Waals surface area contributed by atoms with Gasteiger partial charge in [-0.25, -0.2) is 4.98 Å². The SMILES string of the molecule is Cc1cnc(SCC(C)CCl)c(Br)c1. The predicted molar refractivity (Wildman–Crippen MR) is 67.3 cm³/mol. The van der Waals surface area contributed by atoms with Crippen molar-refractivity contribution < 1.29 is 0 Å². The molecule has 1 heterocycles. The van der Waals surface area contributed by atoms with E-state index in [4.69, 9.17) is 11.6 Å². The van der Waals surface area contributed by atoms with Gasteiger partial charge in [-0.15, -0.1) is 23.4 Å². The van der Waals surface area contributed by atoms with E-state index in [-0.39, 0.29) is 0 Å². The summed E-state index contributed by atoms with van der Waals surface area (Å²) < 4.78 is 1.07. The zero-order valence-corrected chi connectivity index (χ0v) is 11.4. The Morgan fingerprint density at radius 3 is 2.93 bits per heavy atom. The lowest BCUT2D eigenvalue weighted by Crippen LogP contribution is -1.99. The lowest BCUT2D eigenvalue weighted by Gasteiger charge is -2.07. The van der Waals surface area contributed by atoms with Gasteiger partial charge in [0, 0.05) is 17.8 Å². The molecular weight excluding hydrogens is 282 g/mol. The van der Waals surface area contributed by atoms with Crippen LogP contribution in [0.4, 0.5) is 0 Å². The molecule has 0 fully saturated rings. The van der Waals surface area contributed by atoms with Crippen LogP contribution >= 0.6 is 39.3 Å². The van der Waals surface area contributed by atoms with E-state index in [1.54, 1.807) is 11.8 Å². The van der Waals surface area contributed by atoms with Gasteiger partial charge in [0.2, 0.25) is 0 Å². The average molecular weight is 295 g/mol. The molecule has 0 aromatic carbocycles. The van der Waals surface area contributed by atoms with Crippen LogP contribution in [0.2, 0.25) is 0 Å². The first kappa shape index (κ1) is 12.3. The molecule has 1 aromatic heterocycles. The van der Waals surface area contributed by atoms with Crippen LogP contribution in [-0.2, 0) is 0 Å². The van der Waals surface area contributed by atoms with Gasteiger partial charge in [-0.05, 0) is 40.4 Å². The molecule has 0 saturated heterocycles. The molecule has 0 bridgehead atoms. The zero-order valence-electron chi connectivity index (χ0n) is 8.26. The largest absolute Gasteiger partial charge is 0.248 e. The minimum Gasteiger partial charge on any atom is -0.248 e. The van der Waals surface area contributed by atoms with Crippen LogP contribution in [0, 0.1) is 12.8 Å². The van der Waals surface area contributed by atoms with E-state index >= 15 is 0 Å². The summed E-state index contributed by atoms with van der Waals surface area (Å²) in [6.07, 6.45) is 1.89. The normalized spacial score (nSPS) is 12.9. The van der Waals surface area contributed by atoms with Crippen LogP contribution in [0.15, 0.2) is 21.8 Å². The molecule has 0 saturated carbocycles. The minimum atomic E-state index is 0.525. The Hall–Kier alpha value is 0.270. The van der Waals surface area contributed by atoms with Crippen molar-refractivity contribution in [2.45, 2.75) is 18.9 Å². The van der Waals surface area contributed by atoms with E-state index in [2.05, 4.69) is 33.9 Å². The highest BCUT2D eigenvalue weighted by Crippen LogP contribution is 2.27. The van der Waals surface area contributed by atoms with Gasteiger partial charge >= 0.3 is 0 Å². The van der Waals surface area contributed by atoms with Crippen molar-refractivity contribution in [2.75, 3.05) is 11.6 Å². The van der Waals surface area contributed by atoms with E-state index in [1.165, 1.54) is 5.56 Å². The summed E-state index contributed by atoms with van der Waals surface area (Å²) in [4.78, 5) is 4.36. The van der Waals surface area contributed by atoms with Crippen molar-refractivity contribution in [3.05, 3.63) is 22.3 Å². The third-order valence-electron chi connectivity index (χ3n) is 1.71. The maximum absolute atomic E-state index is 5.74. The number of thioether (sulfide) groups is 1. The van der Waals surface area contributed by atoms with Gasteiger partial charge in [0.05, 0.1) is 4.47 Å². The zero-order chi connectivity index (χ0) is 10.6. The Bertz CT molecular complexity index is 306. The van der Waals surface area contributed by atoms with Gasteiger partial charge in [0.1, 0.15) is 5.03 Å². The van der Waals surface area contributed by atoms with Crippen LogP contribution in [0.1, 0.15) is 12.5 Å². The molecular formula is C10H13BrClNS. The maximum Gasteiger partial charge on any atom is 0.110 e. The first-order valence-electron chi connectivity index (χ1n) is 4.44. The number of hydrogen-bond donors (Lipinski definition) is 0. The highest BCUT2D eigenvalue weighted by atomic mass is 79.9. The van der Waals surface area contributed by atoms with Crippen LogP contribution in [0.3, 0.4) is 0 Å². The second kappa shape index (κ2) is 5.99. The highest BCUT2D eigenvalue weighted by molar-refractivity contribution is 9.10. The fourth-order valence-electron chi connectivity index (χ4n) is 0.893. The van der Waals surface area contributed by atoms with Crippen molar-refractivity contribution in [3.8, 4) is 0 Å². The molecule has 1 rings (SSSR count). The monoisotopic (exact) mass is 293 g/mol. The molecule has 0 aliphatic heterocycles. The van der Waals surface area contributed by atoms with Crippen molar-refractivity contribution in [2.24, 2.45) is 5.92 Å². The smallest absolute Gasteiger partial charge is 0.110 e. The maximum atomic E-state index is 5.74. The van der Waals surface area contributed by atoms with Crippen LogP contribution < -0.4 is 0 Å². The quantitative estimate of drug-likeness (QED) is 0.612. The number of nitrogens with zero attached hydrogens (tertiary/aromatic N) is 1. The molecule has 0 amide bonds. The molecule has 0 N–H and O–H groups in total. The summed E-state index contributed by atoms with van der Waals surface area (Å²) in [5.41, 5.74) is 1.17. The van der Waals surface area contributed by atoms with Crippen molar-refractivity contribution >= 4 is 39.3 Å². The highest BCUT2D eigenvalue weighted by Gasteiger charge is 2.05. The third kappa shape index (κ3) is 3.79. The van der Waals surface area contributed by atoms with Crippen molar-refractivity contribution in [1.29, 1.82) is 0 Å². The van der Waals surface area contributed by atoms with Crippen LogP contribution in [0.5, 0.6) is 0 Å². The lowest BCUT2D eigenvalue weighted by atomic mass is 10.3. The first-order chi connectivity index (χ1) is 6.63. The molecule has 1 unspecified atom stereocenters. The Kier molecular flexibility index (Phi) is 5.28. The van der Waals surface area contributed by atoms with Gasteiger partial charge in [-0.2, -0.15) is 0 Å². The van der Waals surface area contributed by atoms with Gasteiger partial charge in [-0.1, -0.05) is 6.92 Å².